The third kappa shape index (κ3) is 8.33. The first-order valence-corrected chi connectivity index (χ1v) is 13.5. The van der Waals surface area contributed by atoms with Crippen LogP contribution in [-0.4, -0.2) is 47.0 Å². The minimum atomic E-state index is -4.34. The second kappa shape index (κ2) is 11.1. The van der Waals surface area contributed by atoms with E-state index in [1.54, 1.807) is 13.2 Å². The SMILES string of the molecule is CO[C@H]1/C=C/CC/C(C(F)(F)F)=C\COC/C(C)=C\[C@@H](C)C1O[Si](C)(C)C(C)(C)C. The molecule has 0 amide bonds. The molecule has 0 aromatic carbocycles. The Labute approximate surface area is 181 Å². The molecule has 3 nitrogen and oxygen atoms in total. The fourth-order valence-electron chi connectivity index (χ4n) is 3.11. The first kappa shape index (κ1) is 27.1. The molecular weight excluding hydrogens is 409 g/mol. The minimum Gasteiger partial charge on any atom is -0.410 e. The Morgan fingerprint density at radius 2 is 1.80 bits per heavy atom. The highest BCUT2D eigenvalue weighted by molar-refractivity contribution is 6.74. The molecule has 30 heavy (non-hydrogen) atoms. The predicted octanol–water partition coefficient (Wildman–Crippen LogP) is 6.83. The van der Waals surface area contributed by atoms with Gasteiger partial charge in [-0.3, -0.25) is 0 Å². The predicted molar refractivity (Wildman–Crippen MR) is 119 cm³/mol. The minimum absolute atomic E-state index is 0.0298. The van der Waals surface area contributed by atoms with E-state index in [0.29, 0.717) is 0 Å². The highest BCUT2D eigenvalue weighted by Crippen LogP contribution is 2.39. The van der Waals surface area contributed by atoms with Crippen molar-refractivity contribution in [2.75, 3.05) is 20.3 Å². The lowest BCUT2D eigenvalue weighted by molar-refractivity contribution is -0.0945. The zero-order valence-electron chi connectivity index (χ0n) is 19.7. The summed E-state index contributed by atoms with van der Waals surface area (Å²) in [7, 11) is -0.472. The van der Waals surface area contributed by atoms with E-state index in [-0.39, 0.29) is 49.2 Å². The maximum Gasteiger partial charge on any atom is 0.412 e. The topological polar surface area (TPSA) is 27.7 Å². The summed E-state index contributed by atoms with van der Waals surface area (Å²) in [5, 5.41) is 0.0298. The Morgan fingerprint density at radius 1 is 1.17 bits per heavy atom. The van der Waals surface area contributed by atoms with Gasteiger partial charge in [-0.15, -0.1) is 0 Å². The number of alkyl halides is 3. The van der Waals surface area contributed by atoms with E-state index in [9.17, 15) is 13.2 Å². The van der Waals surface area contributed by atoms with E-state index >= 15 is 0 Å². The average Bonchev–Trinajstić information content (AvgIpc) is 2.59. The highest BCUT2D eigenvalue weighted by Gasteiger charge is 2.41. The lowest BCUT2D eigenvalue weighted by Gasteiger charge is -2.42. The number of hydrogen-bond acceptors (Lipinski definition) is 3. The molecule has 0 radical (unpaired) electrons. The first-order valence-electron chi connectivity index (χ1n) is 10.6. The Bertz CT molecular complexity index is 631. The van der Waals surface area contributed by atoms with E-state index in [0.717, 1.165) is 11.6 Å². The summed E-state index contributed by atoms with van der Waals surface area (Å²) in [6.45, 7) is 15.2. The molecule has 1 unspecified atom stereocenters. The fourth-order valence-corrected chi connectivity index (χ4v) is 4.50. The third-order valence-corrected chi connectivity index (χ3v) is 10.4. The van der Waals surface area contributed by atoms with Gasteiger partial charge in [-0.1, -0.05) is 57.6 Å². The summed E-state index contributed by atoms with van der Waals surface area (Å²) in [6, 6.07) is 0. The molecule has 0 saturated heterocycles. The van der Waals surface area contributed by atoms with Crippen LogP contribution in [0, 0.1) is 5.92 Å². The van der Waals surface area contributed by atoms with Crippen LogP contribution in [0.25, 0.3) is 0 Å². The van der Waals surface area contributed by atoms with Crippen molar-refractivity contribution < 1.29 is 27.1 Å². The zero-order valence-corrected chi connectivity index (χ0v) is 20.7. The fraction of sp³-hybridized carbons (Fsp3) is 0.739. The number of rotatable bonds is 3. The molecule has 1 heterocycles. The van der Waals surface area contributed by atoms with Gasteiger partial charge >= 0.3 is 6.18 Å². The normalized spacial score (nSPS) is 30.6. The van der Waals surface area contributed by atoms with Gasteiger partial charge in [0.05, 0.1) is 19.3 Å². The maximum absolute atomic E-state index is 13.2. The molecule has 7 heteroatoms. The molecule has 1 aliphatic heterocycles. The Balaban J connectivity index is 3.24. The van der Waals surface area contributed by atoms with Gasteiger partial charge in [-0.05, 0) is 37.9 Å². The van der Waals surface area contributed by atoms with Crippen LogP contribution in [0.3, 0.4) is 0 Å². The summed E-state index contributed by atoms with van der Waals surface area (Å²) < 4.78 is 57.7. The largest absolute Gasteiger partial charge is 0.412 e. The lowest BCUT2D eigenvalue weighted by atomic mass is 9.96. The number of methoxy groups -OCH3 is 1. The molecule has 3 atom stereocenters. The summed E-state index contributed by atoms with van der Waals surface area (Å²) >= 11 is 0. The lowest BCUT2D eigenvalue weighted by Crippen LogP contribution is -2.49. The summed E-state index contributed by atoms with van der Waals surface area (Å²) in [4.78, 5) is 0. The van der Waals surface area contributed by atoms with Crippen molar-refractivity contribution in [1.82, 2.24) is 0 Å². The van der Waals surface area contributed by atoms with Crippen LogP contribution in [0.5, 0.6) is 0 Å². The molecule has 1 rings (SSSR count). The van der Waals surface area contributed by atoms with E-state index < -0.39 is 20.1 Å². The molecule has 0 fully saturated rings. The van der Waals surface area contributed by atoms with Gasteiger partial charge in [0, 0.05) is 18.6 Å². The molecule has 0 bridgehead atoms. The Morgan fingerprint density at radius 3 is 2.33 bits per heavy atom. The second-order valence-electron chi connectivity index (χ2n) is 9.62. The third-order valence-electron chi connectivity index (χ3n) is 5.95. The van der Waals surface area contributed by atoms with Gasteiger partial charge in [0.1, 0.15) is 6.10 Å². The number of ether oxygens (including phenoxy) is 2. The van der Waals surface area contributed by atoms with Crippen LogP contribution in [0.15, 0.2) is 35.5 Å². The van der Waals surface area contributed by atoms with E-state index in [1.165, 1.54) is 0 Å². The smallest absolute Gasteiger partial charge is 0.410 e. The van der Waals surface area contributed by atoms with Crippen LogP contribution < -0.4 is 0 Å². The van der Waals surface area contributed by atoms with Crippen molar-refractivity contribution >= 4 is 8.32 Å². The maximum atomic E-state index is 13.2. The summed E-state index contributed by atoms with van der Waals surface area (Å²) in [5.41, 5.74) is 0.409. The number of halogens is 3. The van der Waals surface area contributed by atoms with Crippen molar-refractivity contribution in [2.24, 2.45) is 5.92 Å². The molecule has 1 aliphatic rings. The Hall–Kier alpha value is -0.893. The van der Waals surface area contributed by atoms with Crippen LogP contribution in [0.1, 0.15) is 47.5 Å². The zero-order chi connectivity index (χ0) is 23.2. The Kier molecular flexibility index (Phi) is 10.1. The van der Waals surface area contributed by atoms with Gasteiger partial charge in [0.25, 0.3) is 0 Å². The monoisotopic (exact) mass is 448 g/mol. The van der Waals surface area contributed by atoms with Crippen LogP contribution in [-0.2, 0) is 13.9 Å². The van der Waals surface area contributed by atoms with Crippen molar-refractivity contribution in [3.63, 3.8) is 0 Å². The first-order chi connectivity index (χ1) is 13.7. The van der Waals surface area contributed by atoms with Gasteiger partial charge in [0.2, 0.25) is 0 Å². The average molecular weight is 449 g/mol. The molecule has 0 N–H and O–H groups in total. The standard InChI is InChI=1S/C23H39F3O3Si/c1-17-15-18(2)21(29-30(7,8)22(3,4)5)20(27-6)12-10-9-11-19(23(24,25)26)13-14-28-16-17/h10,12-13,15,18,20-21H,9,11,14,16H2,1-8H3/b12-10+,17-15-,19-13+/t18-,20+,21?/m1/s1. The number of allylic oxidation sites excluding steroid dienone is 2. The van der Waals surface area contributed by atoms with Crippen molar-refractivity contribution in [3.8, 4) is 0 Å². The van der Waals surface area contributed by atoms with Crippen LogP contribution in [0.2, 0.25) is 18.1 Å². The molecule has 174 valence electrons. The molecule has 0 aliphatic carbocycles. The van der Waals surface area contributed by atoms with Crippen molar-refractivity contribution in [3.05, 3.63) is 35.5 Å². The van der Waals surface area contributed by atoms with Crippen molar-refractivity contribution in [1.29, 1.82) is 0 Å². The number of hydrogen-bond donors (Lipinski definition) is 0. The highest BCUT2D eigenvalue weighted by atomic mass is 28.4. The summed E-state index contributed by atoms with van der Waals surface area (Å²) in [5.74, 6) is 0.0570. The second-order valence-corrected chi connectivity index (χ2v) is 14.4. The van der Waals surface area contributed by atoms with Crippen molar-refractivity contribution in [2.45, 2.75) is 84.0 Å². The quantitative estimate of drug-likeness (QED) is 0.350. The molecular formula is C23H39F3O3Si. The van der Waals surface area contributed by atoms with Gasteiger partial charge in [0.15, 0.2) is 8.32 Å². The van der Waals surface area contributed by atoms with Gasteiger partial charge in [-0.25, -0.2) is 0 Å². The molecule has 0 spiro atoms. The molecule has 0 aromatic rings. The van der Waals surface area contributed by atoms with E-state index in [1.807, 2.05) is 13.0 Å². The molecule has 0 saturated carbocycles. The molecule has 0 aromatic heterocycles. The van der Waals surface area contributed by atoms with Gasteiger partial charge in [-0.2, -0.15) is 13.2 Å². The van der Waals surface area contributed by atoms with E-state index in [4.69, 9.17) is 13.9 Å². The van der Waals surface area contributed by atoms with Crippen LogP contribution in [0.4, 0.5) is 13.2 Å². The van der Waals surface area contributed by atoms with Gasteiger partial charge < -0.3 is 13.9 Å². The van der Waals surface area contributed by atoms with Crippen LogP contribution >= 0.6 is 0 Å². The van der Waals surface area contributed by atoms with E-state index in [2.05, 4.69) is 46.9 Å². The summed E-state index contributed by atoms with van der Waals surface area (Å²) in [6.07, 6.45) is 2.12.